The van der Waals surface area contributed by atoms with E-state index in [0.717, 1.165) is 74.8 Å². The largest absolute Gasteiger partial charge is 0.494 e. The Morgan fingerprint density at radius 3 is 2.03 bits per heavy atom. The summed E-state index contributed by atoms with van der Waals surface area (Å²) in [6, 6.07) is 61.2. The number of ether oxygens (including phenoxy) is 9. The van der Waals surface area contributed by atoms with E-state index in [0.29, 0.717) is 123 Å². The van der Waals surface area contributed by atoms with E-state index in [-0.39, 0.29) is 73.3 Å². The highest BCUT2D eigenvalue weighted by Crippen LogP contribution is 2.42. The van der Waals surface area contributed by atoms with E-state index in [4.69, 9.17) is 84.5 Å². The van der Waals surface area contributed by atoms with Crippen molar-refractivity contribution in [3.63, 3.8) is 0 Å². The average molecular weight is 1970 g/mol. The van der Waals surface area contributed by atoms with Crippen molar-refractivity contribution >= 4 is 102 Å². The molecule has 26 nitrogen and oxygen atoms in total. The van der Waals surface area contributed by atoms with Crippen LogP contribution in [0.1, 0.15) is 132 Å². The molecular weight excluding hydrogens is 1870 g/mol. The Labute approximate surface area is 809 Å². The summed E-state index contributed by atoms with van der Waals surface area (Å²) in [7, 11) is 0.852. The van der Waals surface area contributed by atoms with Crippen LogP contribution in [0.25, 0.3) is 44.5 Å². The van der Waals surface area contributed by atoms with E-state index in [9.17, 15) is 45.2 Å². The Morgan fingerprint density at radius 2 is 1.34 bits per heavy atom. The van der Waals surface area contributed by atoms with Gasteiger partial charge in [0.05, 0.1) is 108 Å². The number of halogens is 8. The molecule has 4 aliphatic rings. The van der Waals surface area contributed by atoms with E-state index in [1.54, 1.807) is 81.1 Å². The molecule has 17 rings (SSSR count). The van der Waals surface area contributed by atoms with Crippen molar-refractivity contribution in [3.05, 3.63) is 312 Å². The quantitative estimate of drug-likeness (QED) is 0.0173. The summed E-state index contributed by atoms with van der Waals surface area (Å²) >= 11 is 24.0. The number of para-hydroxylation sites is 1. The zero-order chi connectivity index (χ0) is 96.9. The number of nitrogens with one attached hydrogen (secondary N) is 4. The number of rotatable bonds is 32. The fraction of sp³-hybridized carbons (Fsp3) is 0.294. The van der Waals surface area contributed by atoms with Crippen molar-refractivity contribution in [2.45, 2.75) is 132 Å². The molecule has 2 amide bonds. The number of anilines is 1. The number of sulfonamides is 1. The van der Waals surface area contributed by atoms with Gasteiger partial charge in [0, 0.05) is 84.4 Å². The second kappa shape index (κ2) is 49.7. The highest BCUT2D eigenvalue weighted by atomic mass is 35.5. The van der Waals surface area contributed by atoms with Gasteiger partial charge in [0.1, 0.15) is 22.8 Å². The van der Waals surface area contributed by atoms with Gasteiger partial charge in [0.2, 0.25) is 10.0 Å². The number of aliphatic imine (C=N–C) groups is 1. The first-order valence-corrected chi connectivity index (χ1v) is 47.4. The number of benzene rings is 8. The van der Waals surface area contributed by atoms with E-state index >= 15 is 0 Å². The number of hydrogen-bond donors (Lipinski definition) is 4. The zero-order valence-corrected chi connectivity index (χ0v) is 79.3. The lowest BCUT2D eigenvalue weighted by Gasteiger charge is -2.26. The first-order valence-electron chi connectivity index (χ1n) is 44.3. The Morgan fingerprint density at radius 1 is 0.642 bits per heavy atom. The lowest BCUT2D eigenvalue weighted by molar-refractivity contribution is -0.0520. The molecule has 2 saturated carbocycles. The van der Waals surface area contributed by atoms with Crippen LogP contribution >= 0.6 is 46.4 Å². The molecule has 2 aliphatic heterocycles. The smallest absolute Gasteiger partial charge is 0.387 e. The number of fused-ring (bicyclic) bond motifs is 2. The molecule has 8 aromatic carbocycles. The molecule has 3 unspecified atom stereocenters. The lowest BCUT2D eigenvalue weighted by atomic mass is 9.86. The predicted molar refractivity (Wildman–Crippen MR) is 522 cm³/mol. The van der Waals surface area contributed by atoms with Crippen LogP contribution in [0.4, 0.5) is 23.2 Å². The number of H-pyrrole nitrogens is 2. The van der Waals surface area contributed by atoms with Crippen molar-refractivity contribution in [2.75, 3.05) is 66.2 Å². The fourth-order valence-corrected chi connectivity index (χ4v) is 17.7. The molecule has 137 heavy (non-hydrogen) atoms. The van der Waals surface area contributed by atoms with Crippen molar-refractivity contribution in [2.24, 2.45) is 10.9 Å². The maximum absolute atomic E-state index is 13.5. The molecule has 7 heterocycles. The van der Waals surface area contributed by atoms with Crippen LogP contribution in [0.3, 0.4) is 0 Å². The minimum absolute atomic E-state index is 0.0642. The van der Waals surface area contributed by atoms with Crippen LogP contribution < -0.4 is 59.6 Å². The predicted octanol–water partition coefficient (Wildman–Crippen LogP) is 21.5. The summed E-state index contributed by atoms with van der Waals surface area (Å²) in [6.07, 6.45) is 21.4. The molecule has 13 aromatic rings. The van der Waals surface area contributed by atoms with Crippen molar-refractivity contribution in [1.82, 2.24) is 44.7 Å². The molecule has 4 N–H and O–H groups in total. The van der Waals surface area contributed by atoms with Crippen molar-refractivity contribution < 1.29 is 78.2 Å². The molecule has 0 bridgehead atoms. The normalized spacial score (nSPS) is 15.1. The average Bonchev–Trinajstić information content (AvgIpc) is 1.52. The van der Waals surface area contributed by atoms with E-state index in [1.165, 1.54) is 108 Å². The summed E-state index contributed by atoms with van der Waals surface area (Å²) < 4.78 is 126. The van der Waals surface area contributed by atoms with E-state index in [2.05, 4.69) is 141 Å². The third kappa shape index (κ3) is 28.1. The van der Waals surface area contributed by atoms with Gasteiger partial charge in [-0.05, 0) is 226 Å². The number of aromatic amines is 2. The van der Waals surface area contributed by atoms with Gasteiger partial charge < -0.3 is 58.2 Å². The Hall–Kier alpha value is -13.0. The minimum Gasteiger partial charge on any atom is -0.494 e. The third-order valence-electron chi connectivity index (χ3n) is 22.6. The summed E-state index contributed by atoms with van der Waals surface area (Å²) in [5, 5.41) is 13.0. The molecule has 5 aromatic heterocycles. The number of pyridine rings is 3. The molecule has 0 radical (unpaired) electrons. The first-order chi connectivity index (χ1) is 66.3. The number of hydrogen-bond acceptors (Lipinski definition) is 21. The molecule has 2 aliphatic carbocycles. The number of morpholine rings is 1. The summed E-state index contributed by atoms with van der Waals surface area (Å²) in [5.74, 6) is 3.14. The van der Waals surface area contributed by atoms with Crippen LogP contribution in [0.15, 0.2) is 262 Å². The second-order valence-corrected chi connectivity index (χ2v) is 35.8. The standard InChI is InChI=1S/C32H37N3O5S.C25H27NO2.C17H16Cl2F2N2O3.C16H11Cl2N3O2.C12H10F2N2O3/c1-3-19-40-29-16-15-25(41(37,38)35-17-20-39-21-18-35)22-28(29)31-33-30-26(13-8-14-27(30)32(36)34-31)23(2)9-7-12-24-10-5-4-6-11-24;1-27-24-12-11-21(18-25(24)28-22-9-5-6-10-22)23(20-7-3-2-4-8-20)17-19-13-15-26-16-14-19;18-11-6-22-7-12(19)15(11)23-16(24)10-3-4-13(26-17(20)21)14(5-10)25-8-9-1-2-9;1-23-13-5-4-11(10-3-2-6-19-14(10)13)16(22)21-12-7-9(17)8-20-15(12)18;1-18-10-6-7(2-4-9(10)19-12(13)14)8-3-5-11(17)16-15-8/h4-6,8,10-11,13-16,22-23H,3,7,9,12,17-21H2,1-2H3,(H,33,34,36);2-4,7-8,11-16,18,22-23H,5-6,9-10,17H2,1H3;3-7,9,11,15,17H,1-2,8H2,(H,23,24);2-8H,1H3,(H,21,22);2-6,12H,1H3,(H,16,17)/t;23-;;;/m.1.../s1. The number of methoxy groups -OCH3 is 3. The highest BCUT2D eigenvalue weighted by Gasteiger charge is 2.32. The van der Waals surface area contributed by atoms with E-state index < -0.39 is 40.6 Å². The molecular formula is C102H101Cl4F4N11O15S. The van der Waals surface area contributed by atoms with Gasteiger partial charge in [-0.25, -0.2) is 23.5 Å². The number of carbonyl (C=O) groups excluding carboxylic acids is 2. The van der Waals surface area contributed by atoms with Crippen molar-refractivity contribution in [3.8, 4) is 68.6 Å². The number of aryl methyl sites for hydroxylation is 1. The monoisotopic (exact) mass is 1970 g/mol. The Balaban J connectivity index is 0.000000148. The molecule has 716 valence electrons. The topological polar surface area (TPSA) is 321 Å². The summed E-state index contributed by atoms with van der Waals surface area (Å²) in [4.78, 5) is 73.5. The third-order valence-corrected chi connectivity index (χ3v) is 25.7. The minimum atomic E-state index is -3.76. The molecule has 1 saturated heterocycles. The van der Waals surface area contributed by atoms with Gasteiger partial charge in [0.15, 0.2) is 39.7 Å². The molecule has 4 atom stereocenters. The highest BCUT2D eigenvalue weighted by molar-refractivity contribution is 7.89. The van der Waals surface area contributed by atoms with Crippen LogP contribution in [0.2, 0.25) is 10.2 Å². The van der Waals surface area contributed by atoms with Gasteiger partial charge in [-0.1, -0.05) is 134 Å². The van der Waals surface area contributed by atoms with Gasteiger partial charge in [0.25, 0.3) is 22.9 Å². The molecule has 3 fully saturated rings. The van der Waals surface area contributed by atoms with Gasteiger partial charge in [-0.3, -0.25) is 34.1 Å². The van der Waals surface area contributed by atoms with Gasteiger partial charge in [-0.15, -0.1) is 11.6 Å². The maximum Gasteiger partial charge on any atom is 0.387 e. The van der Waals surface area contributed by atoms with E-state index in [1.807, 2.05) is 43.6 Å². The number of amides is 2. The molecule has 0 spiro atoms. The Kier molecular flexibility index (Phi) is 36.8. The van der Waals surface area contributed by atoms with Crippen LogP contribution in [0, 0.1) is 5.92 Å². The number of alkyl halides is 5. The van der Waals surface area contributed by atoms with Gasteiger partial charge >= 0.3 is 13.2 Å². The number of carbonyl (C=O) groups is 2. The summed E-state index contributed by atoms with van der Waals surface area (Å²) in [6.45, 7) is 0.389. The number of aromatic nitrogens is 7. The van der Waals surface area contributed by atoms with Crippen LogP contribution in [-0.2, 0) is 27.6 Å². The lowest BCUT2D eigenvalue weighted by Crippen LogP contribution is -2.43. The Bertz CT molecular complexity index is 6550. The molecule has 35 heteroatoms. The van der Waals surface area contributed by atoms with Crippen LogP contribution in [0.5, 0.6) is 46.0 Å². The fourth-order valence-electron chi connectivity index (χ4n) is 15.4. The maximum atomic E-state index is 13.5. The van der Waals surface area contributed by atoms with Gasteiger partial charge in [-0.2, -0.15) is 27.0 Å². The van der Waals surface area contributed by atoms with Crippen LogP contribution in [-0.4, -0.2) is 157 Å². The number of nitrogens with zero attached hydrogens (tertiary/aromatic N) is 7. The summed E-state index contributed by atoms with van der Waals surface area (Å²) in [5.41, 5.74) is 9.31. The second-order valence-electron chi connectivity index (χ2n) is 32.1. The SMILES string of the molecule is CCCOc1ccc(S(=O)(=O)N2CCOCC2)cc1-c1nc2c(C(C)CCCc3ccccc3)cccc2c(=O)[nH]1.COc1cc(-c2ccc(=O)[nH]n2)ccc1OC(F)F.COc1ccc(C(=O)Nc2cc(Cl)cnc2Cl)c2cccnc12.COc1ccc([C@H](Cc2ccncc2)c2ccccc2)cc1OC1CCCC1.O=C(NC1C(Cl)=CN=CC1Cl)c1ccc(OC(F)F)c(OCC2CC2)c1. The van der Waals surface area contributed by atoms with Crippen molar-refractivity contribution in [1.29, 1.82) is 0 Å². The zero-order valence-electron chi connectivity index (χ0n) is 75.4. The first kappa shape index (κ1) is 101.